The number of methoxy groups -OCH3 is 1. The molecule has 0 spiro atoms. The maximum atomic E-state index is 11.9. The maximum absolute atomic E-state index is 11.9. The van der Waals surface area contributed by atoms with Crippen LogP contribution < -0.4 is 0 Å². The van der Waals surface area contributed by atoms with Crippen molar-refractivity contribution in [2.45, 2.75) is 58.0 Å². The lowest BCUT2D eigenvalue weighted by Gasteiger charge is -2.26. The molecule has 0 aliphatic carbocycles. The van der Waals surface area contributed by atoms with Gasteiger partial charge in [0, 0.05) is 24.9 Å². The molecule has 92 valence electrons. The Hall–Kier alpha value is -1.06. The van der Waals surface area contributed by atoms with Crippen molar-refractivity contribution in [1.82, 2.24) is 4.90 Å². The van der Waals surface area contributed by atoms with Crippen molar-refractivity contribution in [3.8, 4) is 0 Å². The highest BCUT2D eigenvalue weighted by molar-refractivity contribution is 5.78. The van der Waals surface area contributed by atoms with E-state index in [2.05, 4.69) is 18.6 Å². The zero-order valence-corrected chi connectivity index (χ0v) is 10.4. The topological polar surface area (TPSA) is 46.6 Å². The summed E-state index contributed by atoms with van der Waals surface area (Å²) >= 11 is 0. The second kappa shape index (κ2) is 5.87. The number of nitrogens with zero attached hydrogens (tertiary/aromatic N) is 1. The normalized spacial score (nSPS) is 24.6. The molecule has 4 nitrogen and oxygen atoms in total. The molecular formula is C12H21NO3. The molecule has 0 bridgehead atoms. The van der Waals surface area contributed by atoms with E-state index in [4.69, 9.17) is 0 Å². The summed E-state index contributed by atoms with van der Waals surface area (Å²) in [5.74, 6) is -0.0725. The predicted molar refractivity (Wildman–Crippen MR) is 60.9 cm³/mol. The van der Waals surface area contributed by atoms with E-state index in [0.717, 1.165) is 12.8 Å². The Morgan fingerprint density at radius 2 is 1.75 bits per heavy atom. The molecule has 1 rings (SSSR count). The van der Waals surface area contributed by atoms with Crippen molar-refractivity contribution < 1.29 is 14.3 Å². The van der Waals surface area contributed by atoms with E-state index < -0.39 is 0 Å². The minimum absolute atomic E-state index is 0.168. The number of hydrogen-bond acceptors (Lipinski definition) is 3. The van der Waals surface area contributed by atoms with Crippen molar-refractivity contribution in [2.75, 3.05) is 7.11 Å². The van der Waals surface area contributed by atoms with Crippen molar-refractivity contribution in [3.05, 3.63) is 0 Å². The summed E-state index contributed by atoms with van der Waals surface area (Å²) in [5.41, 5.74) is 0. The van der Waals surface area contributed by atoms with Gasteiger partial charge in [0.05, 0.1) is 7.11 Å². The van der Waals surface area contributed by atoms with Crippen LogP contribution in [-0.4, -0.2) is 36.0 Å². The van der Waals surface area contributed by atoms with Crippen LogP contribution in [0.5, 0.6) is 0 Å². The summed E-state index contributed by atoms with van der Waals surface area (Å²) in [6, 6.07) is 0.696. The fourth-order valence-corrected chi connectivity index (χ4v) is 2.30. The Morgan fingerprint density at radius 3 is 2.25 bits per heavy atom. The maximum Gasteiger partial charge on any atom is 0.305 e. The summed E-state index contributed by atoms with van der Waals surface area (Å²) in [6.45, 7) is 4.17. The van der Waals surface area contributed by atoms with E-state index in [1.54, 1.807) is 0 Å². The molecule has 2 atom stereocenters. The van der Waals surface area contributed by atoms with E-state index in [-0.39, 0.29) is 11.9 Å². The predicted octanol–water partition coefficient (Wildman–Crippen LogP) is 1.73. The van der Waals surface area contributed by atoms with Gasteiger partial charge in [0.2, 0.25) is 5.91 Å². The summed E-state index contributed by atoms with van der Waals surface area (Å²) in [7, 11) is 1.37. The Morgan fingerprint density at radius 1 is 1.19 bits per heavy atom. The highest BCUT2D eigenvalue weighted by Gasteiger charge is 2.30. The average Bonchev–Trinajstić information content (AvgIpc) is 2.58. The van der Waals surface area contributed by atoms with Crippen LogP contribution >= 0.6 is 0 Å². The van der Waals surface area contributed by atoms with E-state index in [0.29, 0.717) is 31.3 Å². The van der Waals surface area contributed by atoms with Gasteiger partial charge >= 0.3 is 5.97 Å². The molecule has 0 aromatic rings. The van der Waals surface area contributed by atoms with Gasteiger partial charge in [-0.25, -0.2) is 0 Å². The molecule has 16 heavy (non-hydrogen) atoms. The molecule has 2 unspecified atom stereocenters. The molecule has 1 aliphatic heterocycles. The first-order valence-corrected chi connectivity index (χ1v) is 5.94. The van der Waals surface area contributed by atoms with Crippen LogP contribution in [0.25, 0.3) is 0 Å². The van der Waals surface area contributed by atoms with E-state index in [1.165, 1.54) is 7.11 Å². The lowest BCUT2D eigenvalue weighted by Crippen LogP contribution is -2.38. The number of hydrogen-bond donors (Lipinski definition) is 0. The zero-order valence-electron chi connectivity index (χ0n) is 10.4. The van der Waals surface area contributed by atoms with Crippen LogP contribution in [0.4, 0.5) is 0 Å². The number of carbonyl (C=O) groups is 2. The molecule has 0 saturated carbocycles. The fourth-order valence-electron chi connectivity index (χ4n) is 2.30. The highest BCUT2D eigenvalue weighted by Crippen LogP contribution is 2.24. The molecule has 1 fully saturated rings. The average molecular weight is 227 g/mol. The van der Waals surface area contributed by atoms with Crippen LogP contribution in [0.2, 0.25) is 0 Å². The molecule has 4 heteroatoms. The second-order valence-electron chi connectivity index (χ2n) is 4.51. The van der Waals surface area contributed by atoms with Gasteiger partial charge in [-0.15, -0.1) is 0 Å². The van der Waals surface area contributed by atoms with E-state index in [1.807, 2.05) is 4.90 Å². The van der Waals surface area contributed by atoms with Crippen LogP contribution in [0.15, 0.2) is 0 Å². The summed E-state index contributed by atoms with van der Waals surface area (Å²) in [6.07, 6.45) is 3.54. The Balaban J connectivity index is 2.32. The smallest absolute Gasteiger partial charge is 0.305 e. The number of carbonyl (C=O) groups excluding carboxylic acids is 2. The largest absolute Gasteiger partial charge is 0.469 e. The number of rotatable bonds is 4. The summed E-state index contributed by atoms with van der Waals surface area (Å²) < 4.78 is 4.54. The van der Waals surface area contributed by atoms with E-state index >= 15 is 0 Å². The minimum Gasteiger partial charge on any atom is -0.469 e. The van der Waals surface area contributed by atoms with E-state index in [9.17, 15) is 9.59 Å². The molecule has 0 aromatic carbocycles. The monoisotopic (exact) mass is 227 g/mol. The standard InChI is InChI=1S/C12H21NO3/c1-9-7-8-10(2)13(9)11(14)5-4-6-12(15)16-3/h9-10H,4-8H2,1-3H3. The SMILES string of the molecule is COC(=O)CCCC(=O)N1C(C)CCC1C. The van der Waals surface area contributed by atoms with Crippen molar-refractivity contribution in [2.24, 2.45) is 0 Å². The van der Waals surface area contributed by atoms with Gasteiger partial charge in [-0.2, -0.15) is 0 Å². The Bertz CT molecular complexity index is 255. The first kappa shape index (κ1) is 13.0. The van der Waals surface area contributed by atoms with Gasteiger partial charge in [-0.1, -0.05) is 0 Å². The second-order valence-corrected chi connectivity index (χ2v) is 4.51. The lowest BCUT2D eigenvalue weighted by molar-refractivity contribution is -0.141. The molecule has 0 radical (unpaired) electrons. The number of ether oxygens (including phenoxy) is 1. The highest BCUT2D eigenvalue weighted by atomic mass is 16.5. The van der Waals surface area contributed by atoms with Gasteiger partial charge in [-0.3, -0.25) is 9.59 Å². The third kappa shape index (κ3) is 3.22. The summed E-state index contributed by atoms with van der Waals surface area (Å²) in [4.78, 5) is 24.8. The van der Waals surface area contributed by atoms with Crippen LogP contribution in [0, 0.1) is 0 Å². The third-order valence-electron chi connectivity index (χ3n) is 3.24. The van der Waals surface area contributed by atoms with Gasteiger partial charge < -0.3 is 9.64 Å². The fraction of sp³-hybridized carbons (Fsp3) is 0.833. The van der Waals surface area contributed by atoms with Crippen LogP contribution in [0.1, 0.15) is 46.0 Å². The molecular weight excluding hydrogens is 206 g/mol. The van der Waals surface area contributed by atoms with Gasteiger partial charge in [0.25, 0.3) is 0 Å². The first-order valence-electron chi connectivity index (χ1n) is 5.94. The van der Waals surface area contributed by atoms with Crippen molar-refractivity contribution in [3.63, 3.8) is 0 Å². The van der Waals surface area contributed by atoms with Crippen LogP contribution in [-0.2, 0) is 14.3 Å². The number of amides is 1. The zero-order chi connectivity index (χ0) is 12.1. The summed E-state index contributed by atoms with van der Waals surface area (Å²) in [5, 5.41) is 0. The Labute approximate surface area is 96.9 Å². The van der Waals surface area contributed by atoms with Crippen molar-refractivity contribution >= 4 is 11.9 Å². The molecule has 0 aromatic heterocycles. The van der Waals surface area contributed by atoms with Crippen molar-refractivity contribution in [1.29, 1.82) is 0 Å². The van der Waals surface area contributed by atoms with Gasteiger partial charge in [-0.05, 0) is 33.1 Å². The van der Waals surface area contributed by atoms with Crippen LogP contribution in [0.3, 0.4) is 0 Å². The Kier molecular flexibility index (Phi) is 4.77. The lowest BCUT2D eigenvalue weighted by atomic mass is 10.2. The molecule has 1 saturated heterocycles. The minimum atomic E-state index is -0.240. The molecule has 1 heterocycles. The number of likely N-dealkylation sites (tertiary alicyclic amines) is 1. The third-order valence-corrected chi connectivity index (χ3v) is 3.24. The molecule has 1 aliphatic rings. The van der Waals surface area contributed by atoms with Gasteiger partial charge in [0.1, 0.15) is 0 Å². The first-order chi connectivity index (χ1) is 7.56. The molecule has 0 N–H and O–H groups in total. The molecule has 1 amide bonds. The number of esters is 1. The quantitative estimate of drug-likeness (QED) is 0.687. The van der Waals surface area contributed by atoms with Gasteiger partial charge in [0.15, 0.2) is 0 Å².